The number of amides is 2. The molecular weight excluding hydrogens is 376 g/mol. The number of ketones is 1. The van der Waals surface area contributed by atoms with Gasteiger partial charge < -0.3 is 24.4 Å². The fourth-order valence-corrected chi connectivity index (χ4v) is 4.21. The van der Waals surface area contributed by atoms with Crippen LogP contribution in [0.5, 0.6) is 11.5 Å². The molecule has 0 saturated carbocycles. The van der Waals surface area contributed by atoms with Crippen molar-refractivity contribution in [3.63, 3.8) is 0 Å². The number of fused-ring (bicyclic) bond motifs is 1. The molecule has 0 bridgehead atoms. The van der Waals surface area contributed by atoms with Gasteiger partial charge in [0.1, 0.15) is 6.10 Å². The summed E-state index contributed by atoms with van der Waals surface area (Å²) in [5.74, 6) is 0.804. The standard InChI is InChI=1S/C21H26N2O6/c1-13(24)15-9-18-19(29-12-28-18)10-16(15)22-20(25)8-14-4-2-6-23(11-14)21(26)17-5-3-7-27-17/h9-10,14,17H,2-8,11-12H2,1H3,(H,22,25). The second-order valence-corrected chi connectivity index (χ2v) is 7.85. The molecule has 0 radical (unpaired) electrons. The third kappa shape index (κ3) is 4.37. The van der Waals surface area contributed by atoms with Gasteiger partial charge in [-0.2, -0.15) is 0 Å². The Morgan fingerprint density at radius 1 is 1.14 bits per heavy atom. The zero-order valence-electron chi connectivity index (χ0n) is 16.6. The molecule has 2 fully saturated rings. The highest BCUT2D eigenvalue weighted by Crippen LogP contribution is 2.37. The number of hydrogen-bond acceptors (Lipinski definition) is 6. The van der Waals surface area contributed by atoms with E-state index in [1.807, 2.05) is 4.90 Å². The maximum absolute atomic E-state index is 12.7. The number of likely N-dealkylation sites (tertiary alicyclic amines) is 1. The Bertz CT molecular complexity index is 818. The van der Waals surface area contributed by atoms with Crippen molar-refractivity contribution in [2.24, 2.45) is 5.92 Å². The van der Waals surface area contributed by atoms with E-state index < -0.39 is 0 Å². The normalized spacial score (nSPS) is 23.1. The average Bonchev–Trinajstić information content (AvgIpc) is 3.38. The van der Waals surface area contributed by atoms with E-state index in [1.165, 1.54) is 6.92 Å². The number of Topliss-reactive ketones (excluding diaryl/α,β-unsaturated/α-hetero) is 1. The van der Waals surface area contributed by atoms with Crippen molar-refractivity contribution in [1.82, 2.24) is 4.90 Å². The lowest BCUT2D eigenvalue weighted by molar-refractivity contribution is -0.143. The molecular formula is C21H26N2O6. The molecule has 1 aromatic carbocycles. The molecule has 0 aromatic heterocycles. The first kappa shape index (κ1) is 19.7. The first-order valence-corrected chi connectivity index (χ1v) is 10.2. The minimum Gasteiger partial charge on any atom is -0.454 e. The molecule has 2 atom stereocenters. The Hall–Kier alpha value is -2.61. The second-order valence-electron chi connectivity index (χ2n) is 7.85. The number of carbonyl (C=O) groups is 3. The lowest BCUT2D eigenvalue weighted by Crippen LogP contribution is -2.45. The summed E-state index contributed by atoms with van der Waals surface area (Å²) < 4.78 is 16.2. The molecule has 29 heavy (non-hydrogen) atoms. The summed E-state index contributed by atoms with van der Waals surface area (Å²) in [6, 6.07) is 3.23. The Labute approximate surface area is 169 Å². The molecule has 4 rings (SSSR count). The third-order valence-electron chi connectivity index (χ3n) is 5.68. The molecule has 0 spiro atoms. The first-order chi connectivity index (χ1) is 14.0. The van der Waals surface area contributed by atoms with E-state index in [4.69, 9.17) is 14.2 Å². The third-order valence-corrected chi connectivity index (χ3v) is 5.68. The molecule has 1 N–H and O–H groups in total. The number of benzene rings is 1. The van der Waals surface area contributed by atoms with Crippen LogP contribution in [0.25, 0.3) is 0 Å². The highest BCUT2D eigenvalue weighted by atomic mass is 16.7. The van der Waals surface area contributed by atoms with Crippen molar-refractivity contribution in [3.05, 3.63) is 17.7 Å². The second kappa shape index (κ2) is 8.41. The summed E-state index contributed by atoms with van der Waals surface area (Å²) in [6.45, 7) is 3.47. The molecule has 156 valence electrons. The van der Waals surface area contributed by atoms with Gasteiger partial charge in [-0.05, 0) is 44.6 Å². The molecule has 3 aliphatic rings. The van der Waals surface area contributed by atoms with Gasteiger partial charge in [-0.3, -0.25) is 14.4 Å². The maximum atomic E-state index is 12.7. The van der Waals surface area contributed by atoms with Crippen molar-refractivity contribution in [1.29, 1.82) is 0 Å². The highest BCUT2D eigenvalue weighted by Gasteiger charge is 2.32. The van der Waals surface area contributed by atoms with Crippen LogP contribution in [0.2, 0.25) is 0 Å². The lowest BCUT2D eigenvalue weighted by Gasteiger charge is -2.33. The zero-order chi connectivity index (χ0) is 20.4. The molecule has 3 heterocycles. The van der Waals surface area contributed by atoms with Gasteiger partial charge >= 0.3 is 0 Å². The van der Waals surface area contributed by atoms with Crippen LogP contribution in [0.4, 0.5) is 5.69 Å². The number of ether oxygens (including phenoxy) is 3. The van der Waals surface area contributed by atoms with Crippen LogP contribution in [0.15, 0.2) is 12.1 Å². The van der Waals surface area contributed by atoms with Crippen molar-refractivity contribution < 1.29 is 28.6 Å². The number of rotatable bonds is 5. The minimum atomic E-state index is -0.325. The summed E-state index contributed by atoms with van der Waals surface area (Å²) in [4.78, 5) is 39.1. The van der Waals surface area contributed by atoms with Gasteiger partial charge in [0.15, 0.2) is 17.3 Å². The molecule has 2 unspecified atom stereocenters. The number of nitrogens with one attached hydrogen (secondary N) is 1. The van der Waals surface area contributed by atoms with E-state index in [0.29, 0.717) is 48.9 Å². The van der Waals surface area contributed by atoms with E-state index in [0.717, 1.165) is 25.7 Å². The van der Waals surface area contributed by atoms with Gasteiger partial charge in [0.2, 0.25) is 12.7 Å². The summed E-state index contributed by atoms with van der Waals surface area (Å²) in [6.07, 6.45) is 3.43. The van der Waals surface area contributed by atoms with Crippen molar-refractivity contribution in [2.45, 2.75) is 45.1 Å². The molecule has 3 aliphatic heterocycles. The molecule has 8 nitrogen and oxygen atoms in total. The Balaban J connectivity index is 1.38. The molecule has 8 heteroatoms. The summed E-state index contributed by atoms with van der Waals surface area (Å²) >= 11 is 0. The van der Waals surface area contributed by atoms with E-state index in [1.54, 1.807) is 12.1 Å². The van der Waals surface area contributed by atoms with Crippen molar-refractivity contribution >= 4 is 23.3 Å². The highest BCUT2D eigenvalue weighted by molar-refractivity contribution is 6.04. The van der Waals surface area contributed by atoms with Gasteiger partial charge in [-0.25, -0.2) is 0 Å². The van der Waals surface area contributed by atoms with Crippen LogP contribution in [-0.4, -0.2) is 55.1 Å². The number of anilines is 1. The number of hydrogen-bond donors (Lipinski definition) is 1. The number of nitrogens with zero attached hydrogens (tertiary/aromatic N) is 1. The molecule has 0 aliphatic carbocycles. The van der Waals surface area contributed by atoms with Gasteiger partial charge in [0, 0.05) is 37.7 Å². The monoisotopic (exact) mass is 402 g/mol. The lowest BCUT2D eigenvalue weighted by atomic mass is 9.93. The quantitative estimate of drug-likeness (QED) is 0.760. The van der Waals surface area contributed by atoms with E-state index in [9.17, 15) is 14.4 Å². The average molecular weight is 402 g/mol. The zero-order valence-corrected chi connectivity index (χ0v) is 16.6. The minimum absolute atomic E-state index is 0.0437. The maximum Gasteiger partial charge on any atom is 0.251 e. The van der Waals surface area contributed by atoms with E-state index in [2.05, 4.69) is 5.32 Å². The Morgan fingerprint density at radius 3 is 2.66 bits per heavy atom. The SMILES string of the molecule is CC(=O)c1cc2c(cc1NC(=O)CC1CCCN(C(=O)C3CCCO3)C1)OCO2. The van der Waals surface area contributed by atoms with Gasteiger partial charge in [0.25, 0.3) is 5.91 Å². The molecule has 1 aromatic rings. The van der Waals surface area contributed by atoms with Gasteiger partial charge in [-0.1, -0.05) is 0 Å². The Kier molecular flexibility index (Phi) is 5.71. The van der Waals surface area contributed by atoms with E-state index >= 15 is 0 Å². The summed E-state index contributed by atoms with van der Waals surface area (Å²) in [5, 5.41) is 2.84. The topological polar surface area (TPSA) is 94.2 Å². The fourth-order valence-electron chi connectivity index (χ4n) is 4.21. The van der Waals surface area contributed by atoms with Crippen molar-refractivity contribution in [2.75, 3.05) is 31.8 Å². The largest absolute Gasteiger partial charge is 0.454 e. The van der Waals surface area contributed by atoms with Crippen LogP contribution in [0, 0.1) is 5.92 Å². The Morgan fingerprint density at radius 2 is 1.93 bits per heavy atom. The summed E-state index contributed by atoms with van der Waals surface area (Å²) in [7, 11) is 0. The van der Waals surface area contributed by atoms with Gasteiger partial charge in [-0.15, -0.1) is 0 Å². The fraction of sp³-hybridized carbons (Fsp3) is 0.571. The van der Waals surface area contributed by atoms with Crippen LogP contribution in [-0.2, 0) is 14.3 Å². The smallest absolute Gasteiger partial charge is 0.251 e. The predicted octanol–water partition coefficient (Wildman–Crippen LogP) is 2.36. The number of carbonyl (C=O) groups excluding carboxylic acids is 3. The molecule has 2 amide bonds. The van der Waals surface area contributed by atoms with Crippen LogP contribution >= 0.6 is 0 Å². The van der Waals surface area contributed by atoms with E-state index in [-0.39, 0.29) is 36.4 Å². The van der Waals surface area contributed by atoms with Gasteiger partial charge in [0.05, 0.1) is 5.69 Å². The number of piperidine rings is 1. The first-order valence-electron chi connectivity index (χ1n) is 10.2. The van der Waals surface area contributed by atoms with Crippen molar-refractivity contribution in [3.8, 4) is 11.5 Å². The molecule has 2 saturated heterocycles. The van der Waals surface area contributed by atoms with Crippen LogP contribution in [0.1, 0.15) is 49.4 Å². The predicted molar refractivity (Wildman–Crippen MR) is 104 cm³/mol. The van der Waals surface area contributed by atoms with Crippen LogP contribution < -0.4 is 14.8 Å². The van der Waals surface area contributed by atoms with Crippen LogP contribution in [0.3, 0.4) is 0 Å². The summed E-state index contributed by atoms with van der Waals surface area (Å²) in [5.41, 5.74) is 0.816.